The van der Waals surface area contributed by atoms with Crippen molar-refractivity contribution in [2.45, 2.75) is 13.3 Å². The van der Waals surface area contributed by atoms with Gasteiger partial charge in [-0.1, -0.05) is 11.6 Å². The second-order valence-electron chi connectivity index (χ2n) is 4.04. The lowest BCUT2D eigenvalue weighted by Gasteiger charge is -2.22. The highest BCUT2D eigenvalue weighted by Gasteiger charge is 2.07. The maximum Gasteiger partial charge on any atom is 0.0656 e. The number of rotatable bonds is 5. The summed E-state index contributed by atoms with van der Waals surface area (Å²) in [6, 6.07) is 3.86. The van der Waals surface area contributed by atoms with Crippen molar-refractivity contribution >= 4 is 23.0 Å². The molecule has 0 saturated heterocycles. The van der Waals surface area contributed by atoms with Crippen molar-refractivity contribution in [3.05, 3.63) is 22.7 Å². The molecule has 0 saturated carbocycles. The molecule has 1 aromatic rings. The Morgan fingerprint density at radius 2 is 2.12 bits per heavy atom. The second kappa shape index (κ2) is 5.97. The molecule has 0 heterocycles. The van der Waals surface area contributed by atoms with E-state index >= 15 is 0 Å². The summed E-state index contributed by atoms with van der Waals surface area (Å²) in [5, 5.41) is 3.76. The molecule has 0 aliphatic heterocycles. The Labute approximate surface area is 103 Å². The summed E-state index contributed by atoms with van der Waals surface area (Å²) in [5.41, 5.74) is 8.71. The smallest absolute Gasteiger partial charge is 0.0656 e. The summed E-state index contributed by atoms with van der Waals surface area (Å²) in [7, 11) is 4.04. The fourth-order valence-corrected chi connectivity index (χ4v) is 1.88. The van der Waals surface area contributed by atoms with E-state index in [1.807, 2.05) is 19.2 Å². The number of nitrogen functional groups attached to an aromatic ring is 1. The first-order chi connectivity index (χ1) is 7.56. The van der Waals surface area contributed by atoms with Gasteiger partial charge in [-0.05, 0) is 44.6 Å². The topological polar surface area (TPSA) is 41.3 Å². The third-order valence-electron chi connectivity index (χ3n) is 2.65. The van der Waals surface area contributed by atoms with Crippen LogP contribution >= 0.6 is 11.6 Å². The number of hydrogen-bond donors (Lipinski definition) is 2. The van der Waals surface area contributed by atoms with Crippen molar-refractivity contribution in [3.8, 4) is 0 Å². The fourth-order valence-electron chi connectivity index (χ4n) is 1.72. The van der Waals surface area contributed by atoms with Crippen molar-refractivity contribution in [1.82, 2.24) is 5.32 Å². The molecule has 0 atom stereocenters. The molecule has 1 rings (SSSR count). The van der Waals surface area contributed by atoms with E-state index in [1.54, 1.807) is 0 Å². The molecule has 0 aliphatic carbocycles. The van der Waals surface area contributed by atoms with Crippen molar-refractivity contribution in [2.75, 3.05) is 37.8 Å². The molecule has 16 heavy (non-hydrogen) atoms. The van der Waals surface area contributed by atoms with Gasteiger partial charge in [0, 0.05) is 19.3 Å². The molecule has 90 valence electrons. The summed E-state index contributed by atoms with van der Waals surface area (Å²) in [6.45, 7) is 4.07. The van der Waals surface area contributed by atoms with E-state index in [0.717, 1.165) is 30.8 Å². The van der Waals surface area contributed by atoms with Gasteiger partial charge in [-0.3, -0.25) is 0 Å². The van der Waals surface area contributed by atoms with Gasteiger partial charge in [-0.2, -0.15) is 0 Å². The van der Waals surface area contributed by atoms with Crippen LogP contribution < -0.4 is 16.0 Å². The van der Waals surface area contributed by atoms with E-state index in [2.05, 4.69) is 24.2 Å². The lowest BCUT2D eigenvalue weighted by molar-refractivity contribution is 0.712. The van der Waals surface area contributed by atoms with Gasteiger partial charge < -0.3 is 16.0 Å². The van der Waals surface area contributed by atoms with Gasteiger partial charge in [0.25, 0.3) is 0 Å². The zero-order valence-electron chi connectivity index (χ0n) is 10.2. The Hall–Kier alpha value is -0.930. The van der Waals surface area contributed by atoms with Crippen molar-refractivity contribution < 1.29 is 0 Å². The van der Waals surface area contributed by atoms with E-state index in [0.29, 0.717) is 10.7 Å². The number of hydrogen-bond acceptors (Lipinski definition) is 3. The lowest BCUT2D eigenvalue weighted by atomic mass is 10.1. The van der Waals surface area contributed by atoms with Crippen LogP contribution in [0.4, 0.5) is 11.4 Å². The van der Waals surface area contributed by atoms with Gasteiger partial charge in [0.1, 0.15) is 0 Å². The van der Waals surface area contributed by atoms with Crippen LogP contribution in [0.1, 0.15) is 12.0 Å². The van der Waals surface area contributed by atoms with Crippen LogP contribution in [0.15, 0.2) is 12.1 Å². The first-order valence-electron chi connectivity index (χ1n) is 5.47. The summed E-state index contributed by atoms with van der Waals surface area (Å²) in [6.07, 6.45) is 1.11. The Morgan fingerprint density at radius 1 is 1.44 bits per heavy atom. The van der Waals surface area contributed by atoms with Crippen molar-refractivity contribution in [2.24, 2.45) is 0 Å². The molecular formula is C12H20ClN3. The molecule has 0 aliphatic rings. The van der Waals surface area contributed by atoms with E-state index in [9.17, 15) is 0 Å². The highest BCUT2D eigenvalue weighted by molar-refractivity contribution is 6.33. The molecule has 0 fully saturated rings. The Balaban J connectivity index is 2.75. The number of benzene rings is 1. The fraction of sp³-hybridized carbons (Fsp3) is 0.500. The third-order valence-corrected chi connectivity index (χ3v) is 2.97. The average molecular weight is 242 g/mol. The lowest BCUT2D eigenvalue weighted by Crippen LogP contribution is -2.23. The van der Waals surface area contributed by atoms with Gasteiger partial charge in [-0.25, -0.2) is 0 Å². The minimum atomic E-state index is 0.626. The quantitative estimate of drug-likeness (QED) is 0.614. The minimum absolute atomic E-state index is 0.626. The predicted molar refractivity (Wildman–Crippen MR) is 72.4 cm³/mol. The van der Waals surface area contributed by atoms with Gasteiger partial charge in [-0.15, -0.1) is 0 Å². The minimum Gasteiger partial charge on any atom is -0.398 e. The summed E-state index contributed by atoms with van der Waals surface area (Å²) in [5.74, 6) is 0. The van der Waals surface area contributed by atoms with E-state index in [-0.39, 0.29) is 0 Å². The molecule has 0 aromatic heterocycles. The monoisotopic (exact) mass is 241 g/mol. The normalized spacial score (nSPS) is 10.5. The number of halogens is 1. The average Bonchev–Trinajstić information content (AvgIpc) is 2.23. The van der Waals surface area contributed by atoms with Gasteiger partial charge in [0.2, 0.25) is 0 Å². The first-order valence-corrected chi connectivity index (χ1v) is 5.85. The molecule has 0 unspecified atom stereocenters. The molecule has 0 spiro atoms. The van der Waals surface area contributed by atoms with Crippen LogP contribution in [0.2, 0.25) is 5.02 Å². The molecule has 3 nitrogen and oxygen atoms in total. The number of aryl methyl sites for hydroxylation is 1. The van der Waals surface area contributed by atoms with Gasteiger partial charge in [0.05, 0.1) is 10.7 Å². The van der Waals surface area contributed by atoms with E-state index < -0.39 is 0 Å². The van der Waals surface area contributed by atoms with Crippen LogP contribution in [0, 0.1) is 6.92 Å². The number of nitrogens with two attached hydrogens (primary N) is 1. The van der Waals surface area contributed by atoms with Crippen molar-refractivity contribution in [1.29, 1.82) is 0 Å². The molecule has 0 radical (unpaired) electrons. The van der Waals surface area contributed by atoms with Crippen LogP contribution in [0.5, 0.6) is 0 Å². The van der Waals surface area contributed by atoms with Crippen LogP contribution in [-0.2, 0) is 0 Å². The largest absolute Gasteiger partial charge is 0.398 e. The summed E-state index contributed by atoms with van der Waals surface area (Å²) < 4.78 is 0. The first kappa shape index (κ1) is 13.1. The van der Waals surface area contributed by atoms with Crippen molar-refractivity contribution in [3.63, 3.8) is 0 Å². The molecule has 3 N–H and O–H groups in total. The second-order valence-corrected chi connectivity index (χ2v) is 4.45. The molecule has 1 aromatic carbocycles. The highest BCUT2D eigenvalue weighted by Crippen LogP contribution is 2.28. The van der Waals surface area contributed by atoms with E-state index in [1.165, 1.54) is 0 Å². The summed E-state index contributed by atoms with van der Waals surface area (Å²) in [4.78, 5) is 2.21. The Kier molecular flexibility index (Phi) is 4.90. The predicted octanol–water partition coefficient (Wildman–Crippen LogP) is 2.28. The van der Waals surface area contributed by atoms with Crippen LogP contribution in [-0.4, -0.2) is 27.2 Å². The molecule has 0 amide bonds. The maximum absolute atomic E-state index is 6.03. The molecule has 0 bridgehead atoms. The highest BCUT2D eigenvalue weighted by atomic mass is 35.5. The van der Waals surface area contributed by atoms with Gasteiger partial charge in [0.15, 0.2) is 0 Å². The molecule has 4 heteroatoms. The molecular weight excluding hydrogens is 222 g/mol. The Bertz CT molecular complexity index is 352. The zero-order valence-corrected chi connectivity index (χ0v) is 10.9. The maximum atomic E-state index is 6.03. The number of nitrogens with one attached hydrogen (secondary N) is 1. The zero-order chi connectivity index (χ0) is 12.1. The van der Waals surface area contributed by atoms with Crippen LogP contribution in [0.3, 0.4) is 0 Å². The number of nitrogens with zero attached hydrogens (tertiary/aromatic N) is 1. The third kappa shape index (κ3) is 3.29. The summed E-state index contributed by atoms with van der Waals surface area (Å²) >= 11 is 6.03. The van der Waals surface area contributed by atoms with Crippen LogP contribution in [0.25, 0.3) is 0 Å². The standard InChI is InChI=1S/C12H20ClN3/c1-9-7-11(14)10(13)8-12(9)16(3)6-4-5-15-2/h7-8,15H,4-6,14H2,1-3H3. The number of anilines is 2. The Morgan fingerprint density at radius 3 is 2.75 bits per heavy atom. The SMILES string of the molecule is CNCCCN(C)c1cc(Cl)c(N)cc1C. The van der Waals surface area contributed by atoms with Gasteiger partial charge >= 0.3 is 0 Å². The van der Waals surface area contributed by atoms with E-state index in [4.69, 9.17) is 17.3 Å².